The molecule has 0 spiro atoms. The van der Waals surface area contributed by atoms with E-state index in [-0.39, 0.29) is 11.5 Å². The van der Waals surface area contributed by atoms with Crippen molar-refractivity contribution in [1.29, 1.82) is 0 Å². The van der Waals surface area contributed by atoms with Crippen molar-refractivity contribution in [3.8, 4) is 0 Å². The fourth-order valence-electron chi connectivity index (χ4n) is 1.57. The van der Waals surface area contributed by atoms with E-state index in [9.17, 15) is 0 Å². The third kappa shape index (κ3) is 6.99. The van der Waals surface area contributed by atoms with Crippen LogP contribution in [0.3, 0.4) is 0 Å². The number of nitrogens with two attached hydrogens (primary N) is 1. The summed E-state index contributed by atoms with van der Waals surface area (Å²) >= 11 is 0. The highest BCUT2D eigenvalue weighted by molar-refractivity contribution is 4.82. The van der Waals surface area contributed by atoms with Crippen molar-refractivity contribution >= 4 is 0 Å². The highest BCUT2D eigenvalue weighted by atomic mass is 16.5. The minimum Gasteiger partial charge on any atom is -0.383 e. The zero-order chi connectivity index (χ0) is 13.5. The van der Waals surface area contributed by atoms with Crippen LogP contribution < -0.4 is 5.73 Å². The quantitative estimate of drug-likeness (QED) is 0.702. The molecule has 0 aromatic rings. The van der Waals surface area contributed by atoms with E-state index in [4.69, 9.17) is 15.2 Å². The van der Waals surface area contributed by atoms with Gasteiger partial charge in [0.2, 0.25) is 0 Å². The summed E-state index contributed by atoms with van der Waals surface area (Å²) in [5.74, 6) is 0. The van der Waals surface area contributed by atoms with Crippen LogP contribution in [0, 0.1) is 5.41 Å². The number of hydrogen-bond donors (Lipinski definition) is 1. The first kappa shape index (κ1) is 16.8. The first-order valence-electron chi connectivity index (χ1n) is 6.30. The van der Waals surface area contributed by atoms with Gasteiger partial charge in [0.25, 0.3) is 0 Å². The molecule has 0 bridgehead atoms. The summed E-state index contributed by atoms with van der Waals surface area (Å²) in [5.41, 5.74) is 6.36. The molecule has 0 saturated heterocycles. The third-order valence-corrected chi connectivity index (χ3v) is 3.16. The van der Waals surface area contributed by atoms with Gasteiger partial charge in [0, 0.05) is 39.4 Å². The van der Waals surface area contributed by atoms with Gasteiger partial charge in [-0.2, -0.15) is 0 Å². The average Bonchev–Trinajstić information content (AvgIpc) is 2.22. The van der Waals surface area contributed by atoms with Crippen LogP contribution in [0.15, 0.2) is 0 Å². The van der Waals surface area contributed by atoms with Crippen molar-refractivity contribution in [3.63, 3.8) is 0 Å². The van der Waals surface area contributed by atoms with Gasteiger partial charge in [0.05, 0.1) is 13.2 Å². The Labute approximate surface area is 106 Å². The first-order valence-corrected chi connectivity index (χ1v) is 6.30. The molecule has 0 rings (SSSR count). The fourth-order valence-corrected chi connectivity index (χ4v) is 1.57. The Balaban J connectivity index is 4.36. The summed E-state index contributed by atoms with van der Waals surface area (Å²) in [7, 11) is 3.46. The van der Waals surface area contributed by atoms with Gasteiger partial charge in [0.1, 0.15) is 0 Å². The SMILES string of the molecule is COCCN(CC(N)C(C)(C)C)C(C)COC. The molecule has 2 unspecified atom stereocenters. The van der Waals surface area contributed by atoms with Crippen LogP contribution in [0.5, 0.6) is 0 Å². The molecule has 0 aliphatic carbocycles. The molecule has 0 fully saturated rings. The van der Waals surface area contributed by atoms with Crippen LogP contribution >= 0.6 is 0 Å². The molecule has 0 heterocycles. The maximum atomic E-state index is 6.23. The molecule has 0 amide bonds. The van der Waals surface area contributed by atoms with Gasteiger partial charge >= 0.3 is 0 Å². The van der Waals surface area contributed by atoms with E-state index in [0.717, 1.165) is 26.3 Å². The predicted molar refractivity (Wildman–Crippen MR) is 72.2 cm³/mol. The number of rotatable bonds is 8. The minimum atomic E-state index is 0.123. The summed E-state index contributed by atoms with van der Waals surface area (Å²) in [6.07, 6.45) is 0. The minimum absolute atomic E-state index is 0.123. The fraction of sp³-hybridized carbons (Fsp3) is 1.00. The van der Waals surface area contributed by atoms with Crippen molar-refractivity contribution in [2.75, 3.05) is 40.5 Å². The Bertz CT molecular complexity index is 192. The zero-order valence-corrected chi connectivity index (χ0v) is 12.3. The van der Waals surface area contributed by atoms with Crippen LogP contribution in [0.4, 0.5) is 0 Å². The summed E-state index contributed by atoms with van der Waals surface area (Å²) < 4.78 is 10.4. The molecule has 4 nitrogen and oxygen atoms in total. The van der Waals surface area contributed by atoms with Gasteiger partial charge in [-0.25, -0.2) is 0 Å². The lowest BCUT2D eigenvalue weighted by molar-refractivity contribution is 0.0625. The van der Waals surface area contributed by atoms with E-state index >= 15 is 0 Å². The molecular formula is C13H30N2O2. The number of ether oxygens (including phenoxy) is 2. The Hall–Kier alpha value is -0.160. The normalized spacial score (nSPS) is 16.2. The lowest BCUT2D eigenvalue weighted by atomic mass is 9.87. The van der Waals surface area contributed by atoms with Gasteiger partial charge in [0.15, 0.2) is 0 Å². The Morgan fingerprint density at radius 1 is 1.18 bits per heavy atom. The number of hydrogen-bond acceptors (Lipinski definition) is 4. The molecule has 2 atom stereocenters. The van der Waals surface area contributed by atoms with E-state index in [0.29, 0.717) is 6.04 Å². The second-order valence-electron chi connectivity index (χ2n) is 5.76. The first-order chi connectivity index (χ1) is 7.82. The Morgan fingerprint density at radius 3 is 2.18 bits per heavy atom. The maximum Gasteiger partial charge on any atom is 0.0615 e. The Morgan fingerprint density at radius 2 is 1.76 bits per heavy atom. The second kappa shape index (κ2) is 8.03. The molecule has 104 valence electrons. The van der Waals surface area contributed by atoms with Crippen LogP contribution in [0.25, 0.3) is 0 Å². The monoisotopic (exact) mass is 246 g/mol. The highest BCUT2D eigenvalue weighted by Gasteiger charge is 2.25. The van der Waals surface area contributed by atoms with E-state index in [2.05, 4.69) is 32.6 Å². The van der Waals surface area contributed by atoms with Crippen molar-refractivity contribution in [2.45, 2.75) is 39.8 Å². The molecule has 4 heteroatoms. The largest absolute Gasteiger partial charge is 0.383 e. The Kier molecular flexibility index (Phi) is 7.96. The van der Waals surface area contributed by atoms with E-state index in [1.54, 1.807) is 14.2 Å². The van der Waals surface area contributed by atoms with Crippen molar-refractivity contribution in [3.05, 3.63) is 0 Å². The van der Waals surface area contributed by atoms with E-state index in [1.165, 1.54) is 0 Å². The molecule has 0 aliphatic rings. The predicted octanol–water partition coefficient (Wildman–Crippen LogP) is 1.34. The topological polar surface area (TPSA) is 47.7 Å². The van der Waals surface area contributed by atoms with Crippen LogP contribution in [-0.4, -0.2) is 57.5 Å². The third-order valence-electron chi connectivity index (χ3n) is 3.16. The molecule has 0 saturated carbocycles. The second-order valence-corrected chi connectivity index (χ2v) is 5.76. The van der Waals surface area contributed by atoms with Crippen LogP contribution in [-0.2, 0) is 9.47 Å². The van der Waals surface area contributed by atoms with Gasteiger partial charge in [-0.15, -0.1) is 0 Å². The van der Waals surface area contributed by atoms with Crippen molar-refractivity contribution in [1.82, 2.24) is 4.90 Å². The summed E-state index contributed by atoms with van der Waals surface area (Å²) in [6.45, 7) is 11.9. The zero-order valence-electron chi connectivity index (χ0n) is 12.3. The van der Waals surface area contributed by atoms with Crippen molar-refractivity contribution in [2.24, 2.45) is 11.1 Å². The molecule has 0 radical (unpaired) electrons. The van der Waals surface area contributed by atoms with Gasteiger partial charge in [-0.3, -0.25) is 4.90 Å². The maximum absolute atomic E-state index is 6.23. The summed E-state index contributed by atoms with van der Waals surface area (Å²) in [4.78, 5) is 2.34. The number of nitrogens with zero attached hydrogens (tertiary/aromatic N) is 1. The molecular weight excluding hydrogens is 216 g/mol. The van der Waals surface area contributed by atoms with Crippen LogP contribution in [0.1, 0.15) is 27.7 Å². The van der Waals surface area contributed by atoms with E-state index < -0.39 is 0 Å². The van der Waals surface area contributed by atoms with Gasteiger partial charge in [-0.1, -0.05) is 20.8 Å². The smallest absolute Gasteiger partial charge is 0.0615 e. The summed E-state index contributed by atoms with van der Waals surface area (Å²) in [6, 6.07) is 0.516. The lowest BCUT2D eigenvalue weighted by Gasteiger charge is -2.35. The molecule has 17 heavy (non-hydrogen) atoms. The summed E-state index contributed by atoms with van der Waals surface area (Å²) in [5, 5.41) is 0. The molecule has 0 aromatic carbocycles. The highest BCUT2D eigenvalue weighted by Crippen LogP contribution is 2.18. The van der Waals surface area contributed by atoms with E-state index in [1.807, 2.05) is 0 Å². The molecule has 2 N–H and O–H groups in total. The number of methoxy groups -OCH3 is 2. The molecule has 0 aliphatic heterocycles. The average molecular weight is 246 g/mol. The van der Waals surface area contributed by atoms with Gasteiger partial charge in [-0.05, 0) is 12.3 Å². The lowest BCUT2D eigenvalue weighted by Crippen LogP contribution is -2.50. The standard InChI is InChI=1S/C13H30N2O2/c1-11(10-17-6)15(7-8-16-5)9-12(14)13(2,3)4/h11-12H,7-10,14H2,1-6H3. The van der Waals surface area contributed by atoms with Crippen molar-refractivity contribution < 1.29 is 9.47 Å². The van der Waals surface area contributed by atoms with Gasteiger partial charge < -0.3 is 15.2 Å². The molecule has 0 aromatic heterocycles. The van der Waals surface area contributed by atoms with Crippen LogP contribution in [0.2, 0.25) is 0 Å².